The molecule has 2 aromatic carbocycles. The molecule has 2 heterocycles. The van der Waals surface area contributed by atoms with E-state index in [4.69, 9.17) is 4.74 Å². The topological polar surface area (TPSA) is 106 Å². The number of amides is 1. The Hall–Kier alpha value is -3.08. The Morgan fingerprint density at radius 2 is 1.71 bits per heavy atom. The van der Waals surface area contributed by atoms with Gasteiger partial charge in [0, 0.05) is 24.0 Å². The third-order valence-corrected chi connectivity index (χ3v) is 8.17. The first-order valence-electron chi connectivity index (χ1n) is 11.0. The first kappa shape index (κ1) is 24.1. The molecule has 0 radical (unpaired) electrons. The Balaban J connectivity index is 1.35. The lowest BCUT2D eigenvalue weighted by atomic mass is 10.2. The summed E-state index contributed by atoms with van der Waals surface area (Å²) in [6, 6.07) is 15.2. The number of carbonyl (C=O) groups is 2. The Labute approximate surface area is 202 Å². The van der Waals surface area contributed by atoms with Gasteiger partial charge in [0.25, 0.3) is 5.91 Å². The van der Waals surface area contributed by atoms with Crippen LogP contribution in [0, 0.1) is 0 Å². The average Bonchev–Trinajstić information content (AvgIpc) is 3.33. The fourth-order valence-corrected chi connectivity index (χ4v) is 5.82. The summed E-state index contributed by atoms with van der Waals surface area (Å²) < 4.78 is 32.2. The average molecular weight is 500 g/mol. The maximum atomic E-state index is 12.8. The van der Waals surface area contributed by atoms with Crippen LogP contribution in [-0.2, 0) is 19.6 Å². The summed E-state index contributed by atoms with van der Waals surface area (Å²) in [5.41, 5.74) is 1.84. The number of nitrogens with one attached hydrogen (secondary N) is 1. The van der Waals surface area contributed by atoms with Gasteiger partial charge in [-0.05, 0) is 44.0 Å². The highest BCUT2D eigenvalue weighted by Gasteiger charge is 2.26. The van der Waals surface area contributed by atoms with Crippen molar-refractivity contribution < 1.29 is 22.7 Å². The van der Waals surface area contributed by atoms with Crippen molar-refractivity contribution in [2.75, 3.05) is 18.4 Å². The van der Waals surface area contributed by atoms with Crippen LogP contribution < -0.4 is 5.32 Å². The predicted molar refractivity (Wildman–Crippen MR) is 130 cm³/mol. The summed E-state index contributed by atoms with van der Waals surface area (Å²) in [4.78, 5) is 29.5. The summed E-state index contributed by atoms with van der Waals surface area (Å²) >= 11 is 1.28. The number of carbonyl (C=O) groups excluding carboxylic acids is 2. The Kier molecular flexibility index (Phi) is 7.40. The van der Waals surface area contributed by atoms with Gasteiger partial charge in [0.2, 0.25) is 10.0 Å². The highest BCUT2D eigenvalue weighted by molar-refractivity contribution is 7.89. The van der Waals surface area contributed by atoms with Crippen molar-refractivity contribution in [1.82, 2.24) is 9.29 Å². The van der Waals surface area contributed by atoms with E-state index in [2.05, 4.69) is 10.3 Å². The SMILES string of the molecule is C[C@H](OC(=O)c1ccc(S(=O)(=O)N2CCCCC2)cc1)C(=O)Nc1nc(-c2ccccc2)cs1. The van der Waals surface area contributed by atoms with Crippen molar-refractivity contribution in [3.8, 4) is 11.3 Å². The van der Waals surface area contributed by atoms with Crippen LogP contribution in [0.2, 0.25) is 0 Å². The lowest BCUT2D eigenvalue weighted by molar-refractivity contribution is -0.123. The molecule has 1 saturated heterocycles. The molecule has 3 aromatic rings. The largest absolute Gasteiger partial charge is 0.449 e. The van der Waals surface area contributed by atoms with E-state index < -0.39 is 28.0 Å². The number of benzene rings is 2. The number of rotatable bonds is 7. The molecular weight excluding hydrogens is 474 g/mol. The molecule has 1 aliphatic rings. The summed E-state index contributed by atoms with van der Waals surface area (Å²) in [5.74, 6) is -1.22. The van der Waals surface area contributed by atoms with Crippen LogP contribution >= 0.6 is 11.3 Å². The smallest absolute Gasteiger partial charge is 0.338 e. The van der Waals surface area contributed by atoms with Crippen LogP contribution in [0.3, 0.4) is 0 Å². The molecule has 1 aliphatic heterocycles. The van der Waals surface area contributed by atoms with Gasteiger partial charge in [-0.15, -0.1) is 11.3 Å². The van der Waals surface area contributed by atoms with E-state index in [1.807, 2.05) is 35.7 Å². The van der Waals surface area contributed by atoms with E-state index in [-0.39, 0.29) is 10.5 Å². The van der Waals surface area contributed by atoms with E-state index in [0.29, 0.717) is 18.2 Å². The van der Waals surface area contributed by atoms with Crippen LogP contribution in [0.25, 0.3) is 11.3 Å². The van der Waals surface area contributed by atoms with Crippen molar-refractivity contribution in [3.05, 3.63) is 65.5 Å². The maximum absolute atomic E-state index is 12.8. The quantitative estimate of drug-likeness (QED) is 0.489. The fourth-order valence-electron chi connectivity index (χ4n) is 3.58. The minimum absolute atomic E-state index is 0.134. The van der Waals surface area contributed by atoms with Crippen LogP contribution in [0.1, 0.15) is 36.5 Å². The molecule has 10 heteroatoms. The van der Waals surface area contributed by atoms with Gasteiger partial charge < -0.3 is 4.74 Å². The van der Waals surface area contributed by atoms with Crippen molar-refractivity contribution in [3.63, 3.8) is 0 Å². The molecule has 4 rings (SSSR count). The third-order valence-electron chi connectivity index (χ3n) is 5.50. The minimum atomic E-state index is -3.58. The minimum Gasteiger partial charge on any atom is -0.449 e. The molecular formula is C24H25N3O5S2. The third kappa shape index (κ3) is 5.52. The number of hydrogen-bond donors (Lipinski definition) is 1. The monoisotopic (exact) mass is 499 g/mol. The van der Waals surface area contributed by atoms with Crippen LogP contribution in [0.4, 0.5) is 5.13 Å². The highest BCUT2D eigenvalue weighted by Crippen LogP contribution is 2.25. The molecule has 34 heavy (non-hydrogen) atoms. The molecule has 0 unspecified atom stereocenters. The number of piperidine rings is 1. The Bertz CT molecular complexity index is 1250. The van der Waals surface area contributed by atoms with E-state index >= 15 is 0 Å². The second kappa shape index (κ2) is 10.5. The standard InChI is InChI=1S/C24H25N3O5S2/c1-17(22(28)26-24-25-21(16-33-24)18-8-4-2-5-9-18)32-23(29)19-10-12-20(13-11-19)34(30,31)27-14-6-3-7-15-27/h2,4-5,8-13,16-17H,3,6-7,14-15H2,1H3,(H,25,26,28)/t17-/m0/s1. The molecule has 0 bridgehead atoms. The lowest BCUT2D eigenvalue weighted by Gasteiger charge is -2.25. The summed E-state index contributed by atoms with van der Waals surface area (Å²) in [7, 11) is -3.58. The molecule has 178 valence electrons. The molecule has 0 spiro atoms. The molecule has 8 nitrogen and oxygen atoms in total. The normalized spacial score (nSPS) is 15.4. The number of anilines is 1. The van der Waals surface area contributed by atoms with Gasteiger partial charge in [0.15, 0.2) is 11.2 Å². The number of thiazole rings is 1. The summed E-state index contributed by atoms with van der Waals surface area (Å²) in [6.45, 7) is 2.48. The van der Waals surface area contributed by atoms with Gasteiger partial charge in [0.1, 0.15) is 0 Å². The van der Waals surface area contributed by atoms with Crippen molar-refractivity contribution in [2.45, 2.75) is 37.2 Å². The van der Waals surface area contributed by atoms with E-state index in [1.165, 1.54) is 46.8 Å². The number of ether oxygens (including phenoxy) is 1. The van der Waals surface area contributed by atoms with Crippen molar-refractivity contribution in [1.29, 1.82) is 0 Å². The molecule has 1 aromatic heterocycles. The Morgan fingerprint density at radius 1 is 1.03 bits per heavy atom. The first-order valence-corrected chi connectivity index (χ1v) is 13.3. The van der Waals surface area contributed by atoms with Gasteiger partial charge >= 0.3 is 5.97 Å². The zero-order chi connectivity index (χ0) is 24.1. The van der Waals surface area contributed by atoms with Crippen molar-refractivity contribution >= 4 is 38.4 Å². The predicted octanol–water partition coefficient (Wildman–Crippen LogP) is 4.17. The van der Waals surface area contributed by atoms with Gasteiger partial charge in [-0.2, -0.15) is 4.31 Å². The number of hydrogen-bond acceptors (Lipinski definition) is 7. The molecule has 1 amide bonds. The van der Waals surface area contributed by atoms with Gasteiger partial charge in [-0.1, -0.05) is 36.8 Å². The highest BCUT2D eigenvalue weighted by atomic mass is 32.2. The van der Waals surface area contributed by atoms with E-state index in [1.54, 1.807) is 0 Å². The first-order chi connectivity index (χ1) is 16.3. The van der Waals surface area contributed by atoms with E-state index in [9.17, 15) is 18.0 Å². The summed E-state index contributed by atoms with van der Waals surface area (Å²) in [6.07, 6.45) is 1.66. The number of sulfonamides is 1. The van der Waals surface area contributed by atoms with Crippen LogP contribution in [-0.4, -0.2) is 48.8 Å². The second-order valence-electron chi connectivity index (χ2n) is 7.93. The molecule has 1 fully saturated rings. The van der Waals surface area contributed by atoms with E-state index in [0.717, 1.165) is 30.5 Å². The Morgan fingerprint density at radius 3 is 2.38 bits per heavy atom. The zero-order valence-electron chi connectivity index (χ0n) is 18.6. The summed E-state index contributed by atoms with van der Waals surface area (Å²) in [5, 5.41) is 4.90. The number of esters is 1. The zero-order valence-corrected chi connectivity index (χ0v) is 20.3. The molecule has 1 atom stereocenters. The fraction of sp³-hybridized carbons (Fsp3) is 0.292. The van der Waals surface area contributed by atoms with Gasteiger partial charge in [-0.3, -0.25) is 10.1 Å². The maximum Gasteiger partial charge on any atom is 0.338 e. The lowest BCUT2D eigenvalue weighted by Crippen LogP contribution is -2.35. The number of nitrogens with zero attached hydrogens (tertiary/aromatic N) is 2. The van der Waals surface area contributed by atoms with Gasteiger partial charge in [0.05, 0.1) is 16.2 Å². The molecule has 0 aliphatic carbocycles. The van der Waals surface area contributed by atoms with Crippen LogP contribution in [0.5, 0.6) is 0 Å². The molecule has 1 N–H and O–H groups in total. The second-order valence-corrected chi connectivity index (χ2v) is 10.7. The van der Waals surface area contributed by atoms with Crippen molar-refractivity contribution in [2.24, 2.45) is 0 Å². The molecule has 0 saturated carbocycles. The number of aromatic nitrogens is 1. The van der Waals surface area contributed by atoms with Crippen LogP contribution in [0.15, 0.2) is 64.9 Å². The van der Waals surface area contributed by atoms with Gasteiger partial charge in [-0.25, -0.2) is 18.2 Å².